The third-order valence-corrected chi connectivity index (χ3v) is 4.07. The molecule has 2 atom stereocenters. The van der Waals surface area contributed by atoms with Crippen molar-refractivity contribution in [3.8, 4) is 0 Å². The summed E-state index contributed by atoms with van der Waals surface area (Å²) in [5.41, 5.74) is 0.165. The van der Waals surface area contributed by atoms with Crippen LogP contribution in [-0.2, 0) is 9.53 Å². The van der Waals surface area contributed by atoms with Crippen LogP contribution in [0.2, 0.25) is 5.15 Å². The number of nitrogens with one attached hydrogen (secondary N) is 1. The molecule has 1 amide bonds. The fraction of sp³-hybridized carbons (Fsp3) is 0.533. The molecule has 0 unspecified atom stereocenters. The molecule has 1 saturated carbocycles. The molecule has 1 N–H and O–H groups in total. The summed E-state index contributed by atoms with van der Waals surface area (Å²) in [6.45, 7) is 1.83. The lowest BCUT2D eigenvalue weighted by molar-refractivity contribution is -0.125. The Balaban J connectivity index is 1.81. The number of carbonyl (C=O) groups is 2. The zero-order chi connectivity index (χ0) is 15.2. The van der Waals surface area contributed by atoms with Crippen LogP contribution in [-0.4, -0.2) is 29.5 Å². The minimum atomic E-state index is -0.639. The van der Waals surface area contributed by atoms with Gasteiger partial charge in [-0.2, -0.15) is 0 Å². The van der Waals surface area contributed by atoms with Crippen molar-refractivity contribution in [2.75, 3.05) is 6.61 Å². The van der Waals surface area contributed by atoms with Gasteiger partial charge in [0.1, 0.15) is 5.15 Å². The van der Waals surface area contributed by atoms with Crippen molar-refractivity contribution in [1.82, 2.24) is 10.3 Å². The van der Waals surface area contributed by atoms with E-state index in [-0.39, 0.29) is 29.3 Å². The highest BCUT2D eigenvalue weighted by molar-refractivity contribution is 6.32. The van der Waals surface area contributed by atoms with Crippen LogP contribution < -0.4 is 5.32 Å². The second-order valence-corrected chi connectivity index (χ2v) is 5.71. The monoisotopic (exact) mass is 310 g/mol. The predicted octanol–water partition coefficient (Wildman–Crippen LogP) is 2.59. The summed E-state index contributed by atoms with van der Waals surface area (Å²) >= 11 is 5.80. The normalized spacial score (nSPS) is 21.6. The van der Waals surface area contributed by atoms with E-state index in [1.54, 1.807) is 6.07 Å². The number of nitrogens with zero attached hydrogens (tertiary/aromatic N) is 1. The minimum Gasteiger partial charge on any atom is -0.452 e. The van der Waals surface area contributed by atoms with E-state index in [0.29, 0.717) is 5.92 Å². The second-order valence-electron chi connectivity index (χ2n) is 5.35. The Morgan fingerprint density at radius 3 is 2.90 bits per heavy atom. The highest BCUT2D eigenvalue weighted by Gasteiger charge is 2.23. The average Bonchev–Trinajstić information content (AvgIpc) is 2.48. The molecule has 0 aromatic carbocycles. The maximum atomic E-state index is 11.8. The molecule has 2 rings (SSSR count). The SMILES string of the molecule is C[C@@H]1CCCC[C@@H]1NC(=O)COC(=O)c1cccnc1Cl. The molecule has 1 aliphatic rings. The molecule has 114 valence electrons. The Kier molecular flexibility index (Phi) is 5.56. The first-order valence-corrected chi connectivity index (χ1v) is 7.52. The van der Waals surface area contributed by atoms with Gasteiger partial charge in [-0.1, -0.05) is 31.4 Å². The van der Waals surface area contributed by atoms with Crippen molar-refractivity contribution in [2.45, 2.75) is 38.6 Å². The second kappa shape index (κ2) is 7.41. The van der Waals surface area contributed by atoms with Gasteiger partial charge in [0, 0.05) is 12.2 Å². The Morgan fingerprint density at radius 2 is 2.19 bits per heavy atom. The van der Waals surface area contributed by atoms with Gasteiger partial charge >= 0.3 is 5.97 Å². The average molecular weight is 311 g/mol. The quantitative estimate of drug-likeness (QED) is 0.685. The maximum absolute atomic E-state index is 11.8. The molecule has 1 fully saturated rings. The summed E-state index contributed by atoms with van der Waals surface area (Å²) in [5, 5.41) is 3.00. The summed E-state index contributed by atoms with van der Waals surface area (Å²) in [4.78, 5) is 27.4. The van der Waals surface area contributed by atoms with Gasteiger partial charge in [-0.3, -0.25) is 4.79 Å². The van der Waals surface area contributed by atoms with E-state index in [1.807, 2.05) is 0 Å². The minimum absolute atomic E-state index is 0.0730. The predicted molar refractivity (Wildman–Crippen MR) is 79.1 cm³/mol. The maximum Gasteiger partial charge on any atom is 0.341 e. The van der Waals surface area contributed by atoms with Crippen molar-refractivity contribution in [1.29, 1.82) is 0 Å². The molecule has 1 aromatic heterocycles. The van der Waals surface area contributed by atoms with Gasteiger partial charge in [0.25, 0.3) is 5.91 Å². The summed E-state index contributed by atoms with van der Waals surface area (Å²) in [6.07, 6.45) is 5.92. The molecular formula is C15H19ClN2O3. The van der Waals surface area contributed by atoms with Gasteiger partial charge < -0.3 is 10.1 Å². The molecule has 21 heavy (non-hydrogen) atoms. The van der Waals surface area contributed by atoms with Gasteiger partial charge in [0.05, 0.1) is 5.56 Å². The molecule has 5 nitrogen and oxygen atoms in total. The first-order valence-electron chi connectivity index (χ1n) is 7.15. The molecule has 0 bridgehead atoms. The summed E-state index contributed by atoms with van der Waals surface area (Å²) < 4.78 is 4.97. The highest BCUT2D eigenvalue weighted by atomic mass is 35.5. The third kappa shape index (κ3) is 4.43. The van der Waals surface area contributed by atoms with Crippen molar-refractivity contribution in [2.24, 2.45) is 5.92 Å². The largest absolute Gasteiger partial charge is 0.452 e. The lowest BCUT2D eigenvalue weighted by Crippen LogP contribution is -2.42. The molecule has 1 heterocycles. The van der Waals surface area contributed by atoms with Crippen LogP contribution in [0.25, 0.3) is 0 Å². The number of amides is 1. The number of esters is 1. The van der Waals surface area contributed by atoms with E-state index in [0.717, 1.165) is 19.3 Å². The smallest absolute Gasteiger partial charge is 0.341 e. The van der Waals surface area contributed by atoms with E-state index in [9.17, 15) is 9.59 Å². The van der Waals surface area contributed by atoms with Crippen LogP contribution in [0.5, 0.6) is 0 Å². The first kappa shape index (κ1) is 15.8. The zero-order valence-electron chi connectivity index (χ0n) is 12.0. The summed E-state index contributed by atoms with van der Waals surface area (Å²) in [7, 11) is 0. The van der Waals surface area contributed by atoms with Crippen molar-refractivity contribution < 1.29 is 14.3 Å². The van der Waals surface area contributed by atoms with E-state index >= 15 is 0 Å². The number of aromatic nitrogens is 1. The number of halogens is 1. The zero-order valence-corrected chi connectivity index (χ0v) is 12.7. The molecule has 0 radical (unpaired) electrons. The highest BCUT2D eigenvalue weighted by Crippen LogP contribution is 2.23. The summed E-state index contributed by atoms with van der Waals surface area (Å²) in [5.74, 6) is -0.451. The first-order chi connectivity index (χ1) is 10.1. The fourth-order valence-electron chi connectivity index (χ4n) is 2.53. The van der Waals surface area contributed by atoms with E-state index in [1.165, 1.54) is 18.7 Å². The molecule has 6 heteroatoms. The van der Waals surface area contributed by atoms with Crippen LogP contribution in [0, 0.1) is 5.92 Å². The lowest BCUT2D eigenvalue weighted by Gasteiger charge is -2.29. The van der Waals surface area contributed by atoms with Crippen LogP contribution in [0.3, 0.4) is 0 Å². The van der Waals surface area contributed by atoms with Gasteiger partial charge in [-0.15, -0.1) is 0 Å². The van der Waals surface area contributed by atoms with Crippen LogP contribution >= 0.6 is 11.6 Å². The van der Waals surface area contributed by atoms with Gasteiger partial charge in [0.2, 0.25) is 0 Å². The van der Waals surface area contributed by atoms with Gasteiger partial charge in [0.15, 0.2) is 6.61 Å². The lowest BCUT2D eigenvalue weighted by atomic mass is 9.86. The molecule has 0 saturated heterocycles. The van der Waals surface area contributed by atoms with E-state index < -0.39 is 5.97 Å². The molecule has 1 aliphatic carbocycles. The van der Waals surface area contributed by atoms with E-state index in [4.69, 9.17) is 16.3 Å². The number of hydrogen-bond donors (Lipinski definition) is 1. The Bertz CT molecular complexity index is 521. The van der Waals surface area contributed by atoms with E-state index in [2.05, 4.69) is 17.2 Å². The number of hydrogen-bond acceptors (Lipinski definition) is 4. The molecule has 1 aromatic rings. The number of pyridine rings is 1. The fourth-order valence-corrected chi connectivity index (χ4v) is 2.72. The molecule has 0 aliphatic heterocycles. The summed E-state index contributed by atoms with van der Waals surface area (Å²) in [6, 6.07) is 3.28. The number of carbonyl (C=O) groups excluding carboxylic acids is 2. The van der Waals surface area contributed by atoms with Crippen molar-refractivity contribution in [3.63, 3.8) is 0 Å². The number of rotatable bonds is 4. The Hall–Kier alpha value is -1.62. The topological polar surface area (TPSA) is 68.3 Å². The molecule has 0 spiro atoms. The van der Waals surface area contributed by atoms with Crippen LogP contribution in [0.1, 0.15) is 43.0 Å². The number of ether oxygens (including phenoxy) is 1. The van der Waals surface area contributed by atoms with Crippen molar-refractivity contribution in [3.05, 3.63) is 29.0 Å². The standard InChI is InChI=1S/C15H19ClN2O3/c1-10-5-2-3-7-12(10)18-13(19)9-21-15(20)11-6-4-8-17-14(11)16/h4,6,8,10,12H,2-3,5,7,9H2,1H3,(H,18,19)/t10-,12+/m1/s1. The van der Waals surface area contributed by atoms with Crippen LogP contribution in [0.15, 0.2) is 18.3 Å². The Morgan fingerprint density at radius 1 is 1.43 bits per heavy atom. The van der Waals surface area contributed by atoms with Gasteiger partial charge in [-0.05, 0) is 30.9 Å². The van der Waals surface area contributed by atoms with Crippen LogP contribution in [0.4, 0.5) is 0 Å². The Labute approximate surface area is 129 Å². The van der Waals surface area contributed by atoms with Crippen molar-refractivity contribution >= 4 is 23.5 Å². The third-order valence-electron chi connectivity index (χ3n) is 3.77. The molecular weight excluding hydrogens is 292 g/mol. The van der Waals surface area contributed by atoms with Gasteiger partial charge in [-0.25, -0.2) is 9.78 Å².